The van der Waals surface area contributed by atoms with E-state index in [-0.39, 0.29) is 12.5 Å². The van der Waals surface area contributed by atoms with Crippen molar-refractivity contribution in [3.63, 3.8) is 0 Å². The third-order valence-electron chi connectivity index (χ3n) is 1.60. The fourth-order valence-electron chi connectivity index (χ4n) is 1.02. The molecule has 0 aliphatic carbocycles. The molecule has 0 saturated carbocycles. The zero-order chi connectivity index (χ0) is 7.78. The molecule has 0 fully saturated rings. The summed E-state index contributed by atoms with van der Waals surface area (Å²) in [5.41, 5.74) is 0. The number of nitrogens with zero attached hydrogens (tertiary/aromatic N) is 1. The number of aliphatic hydroxyl groups is 1. The lowest BCUT2D eigenvalue weighted by molar-refractivity contribution is -0.813. The van der Waals surface area contributed by atoms with E-state index in [0.717, 1.165) is 0 Å². The van der Waals surface area contributed by atoms with Crippen molar-refractivity contribution >= 4 is 0 Å². The fraction of sp³-hybridized carbons (Fsp3) is 0.667. The first-order chi connectivity index (χ1) is 4.52. The Morgan fingerprint density at radius 1 is 1.70 bits per heavy atom. The lowest BCUT2D eigenvalue weighted by atomic mass is 10.1. The number of aliphatic hydroxyl groups excluding tert-OH is 1. The quantitative estimate of drug-likeness (QED) is 0.410. The summed E-state index contributed by atoms with van der Waals surface area (Å²) in [4.78, 5) is -1.86. The van der Waals surface area contributed by atoms with Crippen molar-refractivity contribution in [1.82, 2.24) is 0 Å². The molecule has 4 heteroatoms. The number of hydroxylamine groups is 4. The topological polar surface area (TPSA) is 66.3 Å². The Kier molecular flexibility index (Phi) is 1.68. The van der Waals surface area contributed by atoms with Crippen LogP contribution in [0.3, 0.4) is 0 Å². The summed E-state index contributed by atoms with van der Waals surface area (Å²) in [6.45, 7) is 1.74. The van der Waals surface area contributed by atoms with Crippen LogP contribution in [0.2, 0.25) is 0 Å². The van der Waals surface area contributed by atoms with Gasteiger partial charge in [-0.25, -0.2) is 0 Å². The summed E-state index contributed by atoms with van der Waals surface area (Å²) in [5, 5.41) is 30.2. The molecule has 0 bridgehead atoms. The van der Waals surface area contributed by atoms with Gasteiger partial charge in [0.1, 0.15) is 0 Å². The standard InChI is InChI=1S/C6H10NO3/c1-5-2-3-6(8)7(9,10)4-5/h3,5,8H,2,4H2,1H3/q-1. The molecule has 0 amide bonds. The van der Waals surface area contributed by atoms with Crippen LogP contribution in [-0.4, -0.2) is 16.5 Å². The van der Waals surface area contributed by atoms with E-state index in [4.69, 9.17) is 5.11 Å². The van der Waals surface area contributed by atoms with Gasteiger partial charge in [0.05, 0.1) is 6.54 Å². The molecule has 0 aromatic heterocycles. The van der Waals surface area contributed by atoms with E-state index in [0.29, 0.717) is 6.42 Å². The number of allylic oxidation sites excluding steroid dienone is 1. The van der Waals surface area contributed by atoms with E-state index in [1.807, 2.05) is 6.92 Å². The van der Waals surface area contributed by atoms with Crippen LogP contribution in [0.4, 0.5) is 0 Å². The lowest BCUT2D eigenvalue weighted by Crippen LogP contribution is -2.40. The van der Waals surface area contributed by atoms with Gasteiger partial charge in [0, 0.05) is 12.0 Å². The zero-order valence-electron chi connectivity index (χ0n) is 5.78. The van der Waals surface area contributed by atoms with E-state index in [9.17, 15) is 10.4 Å². The van der Waals surface area contributed by atoms with Gasteiger partial charge in [0.15, 0.2) is 0 Å². The van der Waals surface area contributed by atoms with Gasteiger partial charge < -0.3 is 20.3 Å². The van der Waals surface area contributed by atoms with Crippen LogP contribution in [0.25, 0.3) is 0 Å². The minimum absolute atomic E-state index is 0.0671. The molecule has 1 aliphatic heterocycles. The number of rotatable bonds is 0. The van der Waals surface area contributed by atoms with E-state index in [1.165, 1.54) is 6.08 Å². The number of hydrogen-bond acceptors (Lipinski definition) is 3. The molecule has 0 aromatic rings. The van der Waals surface area contributed by atoms with Crippen molar-refractivity contribution in [3.05, 3.63) is 22.4 Å². The molecule has 0 saturated heterocycles. The maximum atomic E-state index is 10.7. The second kappa shape index (κ2) is 2.23. The average Bonchev–Trinajstić information content (AvgIpc) is 1.78. The molecule has 0 spiro atoms. The predicted octanol–water partition coefficient (Wildman–Crippen LogP) is 1.24. The first kappa shape index (κ1) is 7.53. The van der Waals surface area contributed by atoms with Crippen LogP contribution in [0, 0.1) is 16.3 Å². The highest BCUT2D eigenvalue weighted by atomic mass is 16.9. The zero-order valence-corrected chi connectivity index (χ0v) is 5.78. The van der Waals surface area contributed by atoms with Crippen molar-refractivity contribution in [2.24, 2.45) is 5.92 Å². The molecule has 1 heterocycles. The molecule has 1 rings (SSSR count). The molecule has 4 nitrogen and oxygen atoms in total. The van der Waals surface area contributed by atoms with Crippen LogP contribution in [0.1, 0.15) is 13.3 Å². The summed E-state index contributed by atoms with van der Waals surface area (Å²) >= 11 is 0. The van der Waals surface area contributed by atoms with Crippen molar-refractivity contribution in [2.75, 3.05) is 6.54 Å². The molecule has 58 valence electrons. The second-order valence-electron chi connectivity index (χ2n) is 2.76. The summed E-state index contributed by atoms with van der Waals surface area (Å²) in [7, 11) is 0. The largest absolute Gasteiger partial charge is 0.624 e. The highest BCUT2D eigenvalue weighted by Crippen LogP contribution is 2.23. The summed E-state index contributed by atoms with van der Waals surface area (Å²) in [5.74, 6) is -0.524. The van der Waals surface area contributed by atoms with E-state index < -0.39 is 10.7 Å². The third kappa shape index (κ3) is 1.29. The molecule has 10 heavy (non-hydrogen) atoms. The number of quaternary nitrogens is 1. The van der Waals surface area contributed by atoms with Crippen molar-refractivity contribution in [2.45, 2.75) is 13.3 Å². The average molecular weight is 144 g/mol. The SMILES string of the molecule is CC1CC=C(O)[N+]([O-])([O-])C1. The molecule has 1 unspecified atom stereocenters. The van der Waals surface area contributed by atoms with Crippen LogP contribution in [0.5, 0.6) is 0 Å². The first-order valence-electron chi connectivity index (χ1n) is 3.22. The Hall–Kier alpha value is -0.580. The van der Waals surface area contributed by atoms with Crippen molar-refractivity contribution in [3.8, 4) is 0 Å². The molecule has 1 N–H and O–H groups in total. The van der Waals surface area contributed by atoms with Crippen molar-refractivity contribution < 1.29 is 9.92 Å². The van der Waals surface area contributed by atoms with Crippen LogP contribution < -0.4 is 0 Å². The van der Waals surface area contributed by atoms with Crippen molar-refractivity contribution in [1.29, 1.82) is 0 Å². The highest BCUT2D eigenvalue weighted by molar-refractivity contribution is 4.89. The molecule has 0 aromatic carbocycles. The number of hydrogen-bond donors (Lipinski definition) is 1. The Labute approximate surface area is 59.1 Å². The summed E-state index contributed by atoms with van der Waals surface area (Å²) in [6.07, 6.45) is 1.92. The van der Waals surface area contributed by atoms with E-state index in [2.05, 4.69) is 0 Å². The minimum Gasteiger partial charge on any atom is -0.624 e. The van der Waals surface area contributed by atoms with Gasteiger partial charge in [-0.15, -0.1) is 0 Å². The Morgan fingerprint density at radius 2 is 2.30 bits per heavy atom. The fourth-order valence-corrected chi connectivity index (χ4v) is 1.02. The Balaban J connectivity index is 2.76. The Morgan fingerprint density at radius 3 is 2.70 bits per heavy atom. The first-order valence-corrected chi connectivity index (χ1v) is 3.22. The molecular weight excluding hydrogens is 134 g/mol. The smallest absolute Gasteiger partial charge is 0.284 e. The predicted molar refractivity (Wildman–Crippen MR) is 36.4 cm³/mol. The van der Waals surface area contributed by atoms with Gasteiger partial charge in [-0.3, -0.25) is 0 Å². The minimum atomic E-state index is -1.86. The second-order valence-corrected chi connectivity index (χ2v) is 2.76. The lowest BCUT2D eigenvalue weighted by Gasteiger charge is -2.47. The summed E-state index contributed by atoms with van der Waals surface area (Å²) in [6, 6.07) is 0. The van der Waals surface area contributed by atoms with Gasteiger partial charge in [0.25, 0.3) is 5.88 Å². The van der Waals surface area contributed by atoms with Crippen LogP contribution in [0.15, 0.2) is 12.0 Å². The van der Waals surface area contributed by atoms with E-state index in [1.54, 1.807) is 0 Å². The normalized spacial score (nSPS) is 31.5. The molecule has 0 radical (unpaired) electrons. The Bertz CT molecular complexity index is 164. The van der Waals surface area contributed by atoms with E-state index >= 15 is 0 Å². The maximum Gasteiger partial charge on any atom is 0.284 e. The van der Waals surface area contributed by atoms with Crippen LogP contribution in [-0.2, 0) is 0 Å². The monoisotopic (exact) mass is 144 g/mol. The summed E-state index contributed by atoms with van der Waals surface area (Å²) < 4.78 is 0. The highest BCUT2D eigenvalue weighted by Gasteiger charge is 2.21. The van der Waals surface area contributed by atoms with Crippen LogP contribution >= 0.6 is 0 Å². The van der Waals surface area contributed by atoms with Gasteiger partial charge >= 0.3 is 0 Å². The maximum absolute atomic E-state index is 10.7. The third-order valence-corrected chi connectivity index (χ3v) is 1.60. The molecule has 1 atom stereocenters. The van der Waals surface area contributed by atoms with Gasteiger partial charge in [0.2, 0.25) is 0 Å². The van der Waals surface area contributed by atoms with Gasteiger partial charge in [-0.05, 0) is 6.42 Å². The van der Waals surface area contributed by atoms with Gasteiger partial charge in [-0.1, -0.05) is 6.92 Å². The van der Waals surface area contributed by atoms with Gasteiger partial charge in [-0.2, -0.15) is 0 Å². The molecular formula is C6H10NO3-. The molecule has 1 aliphatic rings.